The molecule has 0 aromatic heterocycles. The van der Waals surface area contributed by atoms with E-state index in [0.29, 0.717) is 12.2 Å². The van der Waals surface area contributed by atoms with Crippen LogP contribution >= 0.6 is 0 Å². The smallest absolute Gasteiger partial charge is 0.338 e. The second-order valence-corrected chi connectivity index (χ2v) is 6.32. The topological polar surface area (TPSA) is 52.6 Å². The minimum atomic E-state index is -0.446. The maximum atomic E-state index is 12.0. The first-order chi connectivity index (χ1) is 9.81. The minimum absolute atomic E-state index is 0.0577. The van der Waals surface area contributed by atoms with E-state index in [9.17, 15) is 9.59 Å². The van der Waals surface area contributed by atoms with E-state index in [1.165, 1.54) is 0 Å². The molecule has 1 fully saturated rings. The molecule has 0 heterocycles. The van der Waals surface area contributed by atoms with Crippen LogP contribution in [0.1, 0.15) is 56.0 Å². The zero-order valence-electron chi connectivity index (χ0n) is 13.0. The first-order valence-corrected chi connectivity index (χ1v) is 7.31. The normalized spacial score (nSPS) is 20.8. The zero-order valence-corrected chi connectivity index (χ0v) is 13.0. The molecule has 1 aromatic carbocycles. The lowest BCUT2D eigenvalue weighted by Crippen LogP contribution is -2.25. The highest BCUT2D eigenvalue weighted by molar-refractivity contribution is 5.89. The summed E-state index contributed by atoms with van der Waals surface area (Å²) in [4.78, 5) is 23.5. The van der Waals surface area contributed by atoms with E-state index in [4.69, 9.17) is 9.47 Å². The maximum absolute atomic E-state index is 12.0. The van der Waals surface area contributed by atoms with Crippen LogP contribution in [0.25, 0.3) is 0 Å². The highest BCUT2D eigenvalue weighted by Gasteiger charge is 2.46. The van der Waals surface area contributed by atoms with Crippen LogP contribution in [0.15, 0.2) is 24.3 Å². The third kappa shape index (κ3) is 4.06. The molecule has 0 saturated heterocycles. The van der Waals surface area contributed by atoms with Gasteiger partial charge in [-0.2, -0.15) is 0 Å². The average molecular weight is 290 g/mol. The molecule has 4 nitrogen and oxygen atoms in total. The molecular formula is C17H22O4. The van der Waals surface area contributed by atoms with Gasteiger partial charge in [-0.3, -0.25) is 4.79 Å². The Morgan fingerprint density at radius 3 is 2.33 bits per heavy atom. The van der Waals surface area contributed by atoms with Gasteiger partial charge in [0, 0.05) is 0 Å². The third-order valence-electron chi connectivity index (χ3n) is 3.35. The van der Waals surface area contributed by atoms with E-state index in [-0.39, 0.29) is 23.8 Å². The van der Waals surface area contributed by atoms with Gasteiger partial charge in [-0.05, 0) is 57.7 Å². The lowest BCUT2D eigenvalue weighted by Gasteiger charge is -2.19. The Labute approximate surface area is 125 Å². The molecule has 2 unspecified atom stereocenters. The Balaban J connectivity index is 1.96. The molecule has 1 aromatic rings. The number of rotatable bonds is 4. The first kappa shape index (κ1) is 15.5. The van der Waals surface area contributed by atoms with Crippen LogP contribution < -0.4 is 0 Å². The number of carbonyl (C=O) groups is 2. The van der Waals surface area contributed by atoms with Crippen molar-refractivity contribution in [1.29, 1.82) is 0 Å². The van der Waals surface area contributed by atoms with E-state index in [1.54, 1.807) is 19.1 Å². The van der Waals surface area contributed by atoms with Crippen molar-refractivity contribution < 1.29 is 19.1 Å². The summed E-state index contributed by atoms with van der Waals surface area (Å²) in [5.74, 6) is -0.306. The zero-order chi connectivity index (χ0) is 15.6. The van der Waals surface area contributed by atoms with Gasteiger partial charge in [0.05, 0.1) is 18.1 Å². The molecule has 0 amide bonds. The SMILES string of the molecule is CCOC(=O)c1ccc(C2CC2C(=O)OC(C)(C)C)cc1. The second-order valence-electron chi connectivity index (χ2n) is 6.32. The van der Waals surface area contributed by atoms with Gasteiger partial charge in [0.15, 0.2) is 0 Å². The molecule has 0 aliphatic heterocycles. The van der Waals surface area contributed by atoms with Crippen molar-refractivity contribution in [1.82, 2.24) is 0 Å². The van der Waals surface area contributed by atoms with Crippen molar-refractivity contribution in [2.75, 3.05) is 6.61 Å². The fraction of sp³-hybridized carbons (Fsp3) is 0.529. The summed E-state index contributed by atoms with van der Waals surface area (Å²) in [6.45, 7) is 7.76. The Morgan fingerprint density at radius 2 is 1.81 bits per heavy atom. The number of benzene rings is 1. The van der Waals surface area contributed by atoms with Crippen LogP contribution in [-0.2, 0) is 14.3 Å². The number of esters is 2. The first-order valence-electron chi connectivity index (χ1n) is 7.31. The van der Waals surface area contributed by atoms with E-state index in [2.05, 4.69) is 0 Å². The largest absolute Gasteiger partial charge is 0.462 e. The van der Waals surface area contributed by atoms with E-state index >= 15 is 0 Å². The van der Waals surface area contributed by atoms with Crippen molar-refractivity contribution in [2.24, 2.45) is 5.92 Å². The van der Waals surface area contributed by atoms with Gasteiger partial charge in [0.25, 0.3) is 0 Å². The molecule has 4 heteroatoms. The summed E-state index contributed by atoms with van der Waals surface area (Å²) in [6, 6.07) is 7.28. The molecule has 2 atom stereocenters. The number of ether oxygens (including phenoxy) is 2. The molecule has 1 aliphatic rings. The summed E-state index contributed by atoms with van der Waals surface area (Å²) in [5, 5.41) is 0. The number of carbonyl (C=O) groups excluding carboxylic acids is 2. The van der Waals surface area contributed by atoms with Gasteiger partial charge in [-0.25, -0.2) is 4.79 Å². The van der Waals surface area contributed by atoms with Gasteiger partial charge < -0.3 is 9.47 Å². The summed E-state index contributed by atoms with van der Waals surface area (Å²) in [7, 11) is 0. The fourth-order valence-electron chi connectivity index (χ4n) is 2.28. The van der Waals surface area contributed by atoms with Crippen LogP contribution in [0.4, 0.5) is 0 Å². The van der Waals surface area contributed by atoms with Crippen molar-refractivity contribution >= 4 is 11.9 Å². The van der Waals surface area contributed by atoms with Gasteiger partial charge >= 0.3 is 11.9 Å². The van der Waals surface area contributed by atoms with E-state index in [1.807, 2.05) is 32.9 Å². The number of hydrogen-bond donors (Lipinski definition) is 0. The van der Waals surface area contributed by atoms with E-state index < -0.39 is 5.60 Å². The summed E-state index contributed by atoms with van der Waals surface area (Å²) >= 11 is 0. The molecule has 0 N–H and O–H groups in total. The highest BCUT2D eigenvalue weighted by atomic mass is 16.6. The van der Waals surface area contributed by atoms with Crippen LogP contribution in [-0.4, -0.2) is 24.1 Å². The molecule has 1 aliphatic carbocycles. The molecule has 0 radical (unpaired) electrons. The van der Waals surface area contributed by atoms with Crippen LogP contribution in [0, 0.1) is 5.92 Å². The van der Waals surface area contributed by atoms with Crippen LogP contribution in [0.2, 0.25) is 0 Å². The minimum Gasteiger partial charge on any atom is -0.462 e. The number of hydrogen-bond acceptors (Lipinski definition) is 4. The Hall–Kier alpha value is -1.84. The Bertz CT molecular complexity index is 525. The van der Waals surface area contributed by atoms with Crippen LogP contribution in [0.5, 0.6) is 0 Å². The summed E-state index contributed by atoms with van der Waals surface area (Å²) < 4.78 is 10.3. The molecule has 21 heavy (non-hydrogen) atoms. The molecule has 0 spiro atoms. The van der Waals surface area contributed by atoms with Gasteiger partial charge in [-0.15, -0.1) is 0 Å². The van der Waals surface area contributed by atoms with Crippen molar-refractivity contribution in [3.63, 3.8) is 0 Å². The quantitative estimate of drug-likeness (QED) is 0.798. The molecule has 114 valence electrons. The van der Waals surface area contributed by atoms with E-state index in [0.717, 1.165) is 12.0 Å². The maximum Gasteiger partial charge on any atom is 0.338 e. The third-order valence-corrected chi connectivity index (χ3v) is 3.35. The molecule has 2 rings (SSSR count). The van der Waals surface area contributed by atoms with Gasteiger partial charge in [0.1, 0.15) is 5.60 Å². The monoisotopic (exact) mass is 290 g/mol. The van der Waals surface area contributed by atoms with Gasteiger partial charge in [0.2, 0.25) is 0 Å². The fourth-order valence-corrected chi connectivity index (χ4v) is 2.28. The lowest BCUT2D eigenvalue weighted by atomic mass is 10.1. The molecule has 1 saturated carbocycles. The summed E-state index contributed by atoms with van der Waals surface area (Å²) in [6.07, 6.45) is 0.813. The lowest BCUT2D eigenvalue weighted by molar-refractivity contribution is -0.156. The average Bonchev–Trinajstić information content (AvgIpc) is 3.17. The summed E-state index contributed by atoms with van der Waals surface area (Å²) in [5.41, 5.74) is 1.16. The highest BCUT2D eigenvalue weighted by Crippen LogP contribution is 2.48. The standard InChI is InChI=1S/C17H22O4/c1-5-20-15(18)12-8-6-11(7-9-12)13-10-14(13)16(19)21-17(2,3)4/h6-9,13-14H,5,10H2,1-4H3. The predicted octanol–water partition coefficient (Wildman–Crippen LogP) is 3.31. The van der Waals surface area contributed by atoms with Crippen molar-refractivity contribution in [2.45, 2.75) is 45.6 Å². The van der Waals surface area contributed by atoms with Gasteiger partial charge in [-0.1, -0.05) is 12.1 Å². The Morgan fingerprint density at radius 1 is 1.19 bits per heavy atom. The van der Waals surface area contributed by atoms with Crippen LogP contribution in [0.3, 0.4) is 0 Å². The molecule has 0 bridgehead atoms. The van der Waals surface area contributed by atoms with Crippen molar-refractivity contribution in [3.05, 3.63) is 35.4 Å². The Kier molecular flexibility index (Phi) is 4.35. The van der Waals surface area contributed by atoms with Crippen molar-refractivity contribution in [3.8, 4) is 0 Å². The predicted molar refractivity (Wildman–Crippen MR) is 79.1 cm³/mol. The molecular weight excluding hydrogens is 268 g/mol. The second kappa shape index (κ2) is 5.88.